The molecule has 3 aromatic carbocycles. The Morgan fingerprint density at radius 3 is 2.25 bits per heavy atom. The van der Waals surface area contributed by atoms with Crippen LogP contribution in [0.4, 0.5) is 0 Å². The number of carbonyl (C=O) groups excluding carboxylic acids is 2. The van der Waals surface area contributed by atoms with Gasteiger partial charge in [0.25, 0.3) is 5.91 Å². The maximum absolute atomic E-state index is 13.5. The maximum atomic E-state index is 13.5. The summed E-state index contributed by atoms with van der Waals surface area (Å²) in [4.78, 5) is 32.4. The number of fused-ring (bicyclic) bond motifs is 1. The van der Waals surface area contributed by atoms with Crippen LogP contribution in [0.25, 0.3) is 0 Å². The van der Waals surface area contributed by atoms with Crippen molar-refractivity contribution in [3.63, 3.8) is 0 Å². The van der Waals surface area contributed by atoms with Crippen molar-refractivity contribution >= 4 is 29.9 Å². The fraction of sp³-hybridized carbons (Fsp3) is 0.179. The van der Waals surface area contributed by atoms with Crippen LogP contribution in [0.5, 0.6) is 5.75 Å². The summed E-state index contributed by atoms with van der Waals surface area (Å²) in [6.07, 6.45) is 0.798. The van der Waals surface area contributed by atoms with Crippen molar-refractivity contribution in [1.29, 1.82) is 0 Å². The number of thioether (sulfide) groups is 1. The fourth-order valence-corrected chi connectivity index (χ4v) is 5.61. The summed E-state index contributed by atoms with van der Waals surface area (Å²) in [6, 6.07) is 24.8. The van der Waals surface area contributed by atoms with Gasteiger partial charge in [-0.2, -0.15) is 0 Å². The number of amides is 1. The smallest absolute Gasteiger partial charge is 0.356 e. The number of β-lactam (4-membered cyclic amide) rings is 1. The molecule has 1 saturated heterocycles. The average molecular weight is 501 g/mol. The van der Waals surface area contributed by atoms with E-state index in [9.17, 15) is 19.8 Å². The molecule has 0 saturated carbocycles. The highest BCUT2D eigenvalue weighted by atomic mass is 32.2. The number of ether oxygens (including phenoxy) is 1. The zero-order chi connectivity index (χ0) is 25.1. The number of phenols is 1. The van der Waals surface area contributed by atoms with Crippen molar-refractivity contribution in [3.05, 3.63) is 113 Å². The van der Waals surface area contributed by atoms with E-state index in [2.05, 4.69) is 4.99 Å². The summed E-state index contributed by atoms with van der Waals surface area (Å²) in [5.74, 6) is -0.577. The lowest BCUT2D eigenvalue weighted by atomic mass is 10.0. The number of para-hydroxylation sites is 1. The molecular weight excluding hydrogens is 476 g/mol. The quantitative estimate of drug-likeness (QED) is 0.292. The molecule has 2 heterocycles. The van der Waals surface area contributed by atoms with E-state index in [1.165, 1.54) is 22.9 Å². The van der Waals surface area contributed by atoms with Gasteiger partial charge in [-0.05, 0) is 28.8 Å². The van der Waals surface area contributed by atoms with Gasteiger partial charge in [0.15, 0.2) is 12.1 Å². The highest BCUT2D eigenvalue weighted by molar-refractivity contribution is 8.00. The predicted octanol–water partition coefficient (Wildman–Crippen LogP) is 3.67. The Morgan fingerprint density at radius 2 is 1.64 bits per heavy atom. The monoisotopic (exact) mass is 500 g/mol. The number of benzene rings is 3. The number of aromatic hydroxyl groups is 1. The van der Waals surface area contributed by atoms with Crippen LogP contribution in [-0.4, -0.2) is 57.0 Å². The highest BCUT2D eigenvalue weighted by Gasteiger charge is 2.54. The van der Waals surface area contributed by atoms with Gasteiger partial charge in [-0.3, -0.25) is 14.7 Å². The molecule has 2 aliphatic rings. The topological polar surface area (TPSA) is 99.4 Å². The summed E-state index contributed by atoms with van der Waals surface area (Å²) in [7, 11) is 0. The predicted molar refractivity (Wildman–Crippen MR) is 138 cm³/mol. The van der Waals surface area contributed by atoms with E-state index in [1.807, 2.05) is 60.7 Å². The third-order valence-corrected chi connectivity index (χ3v) is 7.47. The first kappa shape index (κ1) is 23.8. The van der Waals surface area contributed by atoms with Crippen molar-refractivity contribution in [2.45, 2.75) is 17.5 Å². The molecular formula is C28H24N2O5S. The van der Waals surface area contributed by atoms with Gasteiger partial charge in [0.05, 0.1) is 6.61 Å². The molecule has 36 heavy (non-hydrogen) atoms. The number of carbonyl (C=O) groups is 2. The lowest BCUT2D eigenvalue weighted by molar-refractivity contribution is -0.153. The molecule has 0 bridgehead atoms. The van der Waals surface area contributed by atoms with Gasteiger partial charge in [-0.25, -0.2) is 4.79 Å². The number of phenolic OH excluding ortho intramolecular Hbond substituents is 1. The number of hydrogen-bond acceptors (Lipinski definition) is 7. The van der Waals surface area contributed by atoms with Gasteiger partial charge in [0.1, 0.15) is 16.8 Å². The van der Waals surface area contributed by atoms with Crippen LogP contribution in [0, 0.1) is 0 Å². The minimum Gasteiger partial charge on any atom is -0.507 e. The standard InChI is InChI=1S/C28H24N2O5S/c31-16-21-17-36-27-23(29-15-20-13-7-8-14-22(20)32)26(33)30(27)24(21)28(34)35-25(18-9-3-1-4-10-18)19-11-5-2-6-12-19/h1-15,23,25,27,31-32H,16-17H2/t23-,27-/m1/s1. The number of aliphatic imine (C=N–C) groups is 1. The summed E-state index contributed by atoms with van der Waals surface area (Å²) in [6.45, 7) is -0.360. The van der Waals surface area contributed by atoms with Crippen molar-refractivity contribution in [3.8, 4) is 5.75 Å². The van der Waals surface area contributed by atoms with Crippen LogP contribution < -0.4 is 0 Å². The average Bonchev–Trinajstić information content (AvgIpc) is 2.92. The van der Waals surface area contributed by atoms with Crippen LogP contribution in [0.1, 0.15) is 22.8 Å². The first-order chi connectivity index (χ1) is 17.6. The Balaban J connectivity index is 1.41. The molecule has 2 N–H and O–H groups in total. The van der Waals surface area contributed by atoms with Crippen molar-refractivity contribution in [2.24, 2.45) is 4.99 Å². The molecule has 182 valence electrons. The van der Waals surface area contributed by atoms with E-state index < -0.39 is 23.5 Å². The Labute approximate surface area is 212 Å². The largest absolute Gasteiger partial charge is 0.507 e. The molecule has 3 aromatic rings. The van der Waals surface area contributed by atoms with Crippen LogP contribution in [0.3, 0.4) is 0 Å². The first-order valence-corrected chi connectivity index (χ1v) is 12.5. The van der Waals surface area contributed by atoms with Gasteiger partial charge < -0.3 is 14.9 Å². The van der Waals surface area contributed by atoms with Gasteiger partial charge >= 0.3 is 5.97 Å². The Kier molecular flexibility index (Phi) is 6.88. The van der Waals surface area contributed by atoms with E-state index >= 15 is 0 Å². The molecule has 7 nitrogen and oxygen atoms in total. The maximum Gasteiger partial charge on any atom is 0.356 e. The normalized spacial score (nSPS) is 19.4. The number of nitrogens with zero attached hydrogens (tertiary/aromatic N) is 2. The van der Waals surface area contributed by atoms with Gasteiger partial charge in [0, 0.05) is 17.5 Å². The molecule has 0 unspecified atom stereocenters. The summed E-state index contributed by atoms with van der Waals surface area (Å²) >= 11 is 1.43. The molecule has 8 heteroatoms. The second-order valence-electron chi connectivity index (χ2n) is 8.41. The van der Waals surface area contributed by atoms with E-state index in [1.54, 1.807) is 24.3 Å². The second kappa shape index (κ2) is 10.4. The molecule has 2 aliphatic heterocycles. The molecule has 5 rings (SSSR count). The lowest BCUT2D eigenvalue weighted by Crippen LogP contribution is -2.64. The zero-order valence-corrected chi connectivity index (χ0v) is 20.0. The van der Waals surface area contributed by atoms with E-state index in [0.29, 0.717) is 16.9 Å². The molecule has 0 spiro atoms. The first-order valence-electron chi connectivity index (χ1n) is 11.5. The molecule has 1 fully saturated rings. The number of hydrogen-bond donors (Lipinski definition) is 2. The van der Waals surface area contributed by atoms with Crippen LogP contribution >= 0.6 is 11.8 Å². The van der Waals surface area contributed by atoms with Gasteiger partial charge in [-0.15, -0.1) is 11.8 Å². The zero-order valence-electron chi connectivity index (χ0n) is 19.2. The number of aliphatic hydroxyl groups excluding tert-OH is 1. The van der Waals surface area contributed by atoms with E-state index in [0.717, 1.165) is 11.1 Å². The van der Waals surface area contributed by atoms with Crippen molar-refractivity contribution < 1.29 is 24.5 Å². The van der Waals surface area contributed by atoms with Crippen molar-refractivity contribution in [2.75, 3.05) is 12.4 Å². The van der Waals surface area contributed by atoms with E-state index in [4.69, 9.17) is 4.74 Å². The molecule has 0 radical (unpaired) electrons. The summed E-state index contributed by atoms with van der Waals surface area (Å²) in [5, 5.41) is 19.5. The van der Waals surface area contributed by atoms with Gasteiger partial charge in [-0.1, -0.05) is 72.8 Å². The third-order valence-electron chi connectivity index (χ3n) is 6.14. The van der Waals surface area contributed by atoms with Gasteiger partial charge in [0.2, 0.25) is 0 Å². The Hall–Kier alpha value is -3.88. The second-order valence-corrected chi connectivity index (χ2v) is 9.51. The lowest BCUT2D eigenvalue weighted by Gasteiger charge is -2.48. The number of esters is 1. The summed E-state index contributed by atoms with van der Waals surface area (Å²) < 4.78 is 5.99. The molecule has 0 aromatic heterocycles. The Morgan fingerprint density at radius 1 is 1.03 bits per heavy atom. The highest BCUT2D eigenvalue weighted by Crippen LogP contribution is 2.42. The third kappa shape index (κ3) is 4.53. The minimum atomic E-state index is -0.698. The van der Waals surface area contributed by atoms with Crippen LogP contribution in [0.2, 0.25) is 0 Å². The van der Waals surface area contributed by atoms with Crippen LogP contribution in [0.15, 0.2) is 101 Å². The SMILES string of the molecule is O=C(OC(c1ccccc1)c1ccccc1)C1=C(CO)CS[C@@H]2[C@H](N=Cc3ccccc3O)C(=O)N12. The molecule has 0 aliphatic carbocycles. The Bertz CT molecular complexity index is 1290. The number of aliphatic hydroxyl groups is 1. The van der Waals surface area contributed by atoms with Crippen LogP contribution in [-0.2, 0) is 14.3 Å². The fourth-order valence-electron chi connectivity index (χ4n) is 4.28. The molecule has 1 amide bonds. The number of rotatable bonds is 7. The van der Waals surface area contributed by atoms with Crippen molar-refractivity contribution in [1.82, 2.24) is 4.90 Å². The minimum absolute atomic E-state index is 0.0702. The molecule has 2 atom stereocenters. The summed E-state index contributed by atoms with van der Waals surface area (Å²) in [5.41, 5.74) is 2.62. The van der Waals surface area contributed by atoms with E-state index in [-0.39, 0.29) is 24.0 Å².